The van der Waals surface area contributed by atoms with Gasteiger partial charge in [0.25, 0.3) is 0 Å². The zero-order chi connectivity index (χ0) is 72.5. The number of methoxy groups -OCH3 is 4. The van der Waals surface area contributed by atoms with Crippen molar-refractivity contribution in [2.45, 2.75) is 67.7 Å². The largest absolute Gasteiger partial charge is 3.00 e. The summed E-state index contributed by atoms with van der Waals surface area (Å²) in [4.78, 5) is 41.3. The Morgan fingerprint density at radius 3 is 0.616 bits per heavy atom. The number of hydrogen-bond donors (Lipinski definition) is 6. The number of aliphatic hydroxyl groups excluding tert-OH is 6. The van der Waals surface area contributed by atoms with E-state index in [1.807, 2.05) is 27.7 Å². The van der Waals surface area contributed by atoms with E-state index in [0.29, 0.717) is 124 Å². The molecular formula is C58H96Dy2Mn2N6O31. The van der Waals surface area contributed by atoms with E-state index in [2.05, 4.69) is 0 Å². The maximum absolute atomic E-state index is 12.0. The van der Waals surface area contributed by atoms with Gasteiger partial charge < -0.3 is 157 Å². The third kappa shape index (κ3) is 67.8. The first kappa shape index (κ1) is 124. The molecule has 0 aliphatic rings. The van der Waals surface area contributed by atoms with Crippen LogP contribution in [0.1, 0.15) is 58.4 Å². The van der Waals surface area contributed by atoms with E-state index < -0.39 is 22.1 Å². The Kier molecular flexibility index (Phi) is 102. The van der Waals surface area contributed by atoms with E-state index in [1.54, 1.807) is 68.1 Å². The number of nitrogens with zero attached hydrogens (tertiary/aromatic N) is 6. The Morgan fingerprint density at radius 1 is 0.384 bits per heavy atom. The van der Waals surface area contributed by atoms with Crippen LogP contribution in [0.5, 0.6) is 46.0 Å². The SMILES string of the molecule is CC(=O)[O-].CC(=O)[O-].CO.CO.COc1cc(C)cc(CN(CC[O-])CCO)c1[O-].COc1cc(C)cc(CN(CC[O-])CCO)c1[O-].COc1cc(C)cc(CN(CC[O-])CCO)c1[O-].COc1cc(C)cc(CN(CC[O-])CCO)c1[O-].O.O.O.O=[N+]([O-])[O-].O=[N+]([O-])[O-].[Dy+3].[Dy+3].[Mn+3].[Mn+3]. The molecule has 4 aromatic rings. The topological polar surface area (TPSA) is 663 Å². The molecule has 4 aromatic carbocycles. The second-order valence-electron chi connectivity index (χ2n) is 18.1. The Balaban J connectivity index is -0.0000000810. The zero-order valence-corrected chi connectivity index (χ0v) is 63.4. The van der Waals surface area contributed by atoms with Crippen molar-refractivity contribution >= 4 is 11.9 Å². The number of carbonyl (C=O) groups excluding carboxylic acids is 2. The fraction of sp³-hybridized carbons (Fsp3) is 0.552. The van der Waals surface area contributed by atoms with Crippen molar-refractivity contribution in [2.75, 3.05) is 148 Å². The maximum Gasteiger partial charge on any atom is 3.00 e. The molecular weight excluding hydrogens is 1710 g/mol. The van der Waals surface area contributed by atoms with Crippen molar-refractivity contribution in [1.29, 1.82) is 0 Å². The Labute approximate surface area is 658 Å². The molecule has 4 rings (SSSR count). The second-order valence-corrected chi connectivity index (χ2v) is 18.1. The van der Waals surface area contributed by atoms with Crippen LogP contribution in [0.4, 0.5) is 0 Å². The van der Waals surface area contributed by atoms with Gasteiger partial charge in [-0.3, -0.25) is 19.6 Å². The number of aliphatic hydroxyl groups is 6. The summed E-state index contributed by atoms with van der Waals surface area (Å²) in [5.74, 6) is -1.53. The summed E-state index contributed by atoms with van der Waals surface area (Å²) in [5, 5.41) is 188. The van der Waals surface area contributed by atoms with Gasteiger partial charge in [-0.25, -0.2) is 0 Å². The van der Waals surface area contributed by atoms with Gasteiger partial charge in [-0.05, 0) is 136 Å². The maximum atomic E-state index is 12.0. The summed E-state index contributed by atoms with van der Waals surface area (Å²) in [6, 6.07) is 13.9. The summed E-state index contributed by atoms with van der Waals surface area (Å²) in [6.45, 7) is 12.6. The first-order valence-corrected chi connectivity index (χ1v) is 27.3. The number of aryl methyl sites for hydroxylation is 4. The second kappa shape index (κ2) is 80.8. The molecule has 0 atom stereocenters. The quantitative estimate of drug-likeness (QED) is 0.0175. The normalized spacial score (nSPS) is 9.07. The molecule has 0 bridgehead atoms. The molecule has 41 heteroatoms. The minimum Gasteiger partial charge on any atom is -0.870 e. The molecule has 0 fully saturated rings. The monoisotopic (exact) mass is 1810 g/mol. The van der Waals surface area contributed by atoms with E-state index in [1.165, 1.54) is 28.4 Å². The minimum atomic E-state index is -1.75. The number of hydrogen-bond acceptors (Lipinski definition) is 32. The number of carboxylic acid groups (broad SMARTS) is 2. The van der Waals surface area contributed by atoms with Crippen LogP contribution in [0.15, 0.2) is 48.5 Å². The number of ether oxygens (including phenoxy) is 4. The van der Waals surface area contributed by atoms with Crippen LogP contribution in [0, 0.1) is 135 Å². The molecule has 0 saturated carbocycles. The standard InChI is InChI=1S/4C13H20NO4.2C2H4O2.2CH4O.2Dy.2Mn.2NO3.3H2O/c4*1-10-7-11(13(17)12(8-10)18-2)9-14(3-5-15)4-6-16;2*1-2(3)4;2*1-2;;;;;2*2-1(3)4;;;/h4*7-8,15,17H,3-6,9H2,1-2H3;2*1H3,(H,3,4);2*2H,1H3;;;;;;;3*1H2/q4*-1;;;;;4*+3;2*-1;;;/p-6. The number of carbonyl (C=O) groups is 2. The number of rotatable bonds is 28. The first-order chi connectivity index (χ1) is 43.4. The predicted molar refractivity (Wildman–Crippen MR) is 327 cm³/mol. The van der Waals surface area contributed by atoms with Crippen LogP contribution >= 0.6 is 0 Å². The molecule has 37 nitrogen and oxygen atoms in total. The molecule has 578 valence electrons. The van der Waals surface area contributed by atoms with Crippen LogP contribution in [-0.2, 0) is 69.9 Å². The predicted octanol–water partition coefficient (Wildman–Crippen LogP) is -9.30. The summed E-state index contributed by atoms with van der Waals surface area (Å²) in [5.41, 5.74) is 6.12. The van der Waals surface area contributed by atoms with Crippen LogP contribution < -0.4 is 70.0 Å². The average Bonchev–Trinajstić information content (AvgIpc) is 0.875. The van der Waals surface area contributed by atoms with Crippen molar-refractivity contribution in [3.63, 3.8) is 0 Å². The van der Waals surface area contributed by atoms with Crippen molar-refractivity contribution in [2.24, 2.45) is 0 Å². The van der Waals surface area contributed by atoms with Gasteiger partial charge in [0.2, 0.25) is 0 Å². The molecule has 0 saturated heterocycles. The molecule has 0 amide bonds. The average molecular weight is 1810 g/mol. The fourth-order valence-corrected chi connectivity index (χ4v) is 7.45. The van der Waals surface area contributed by atoms with Crippen molar-refractivity contribution in [1.82, 2.24) is 19.6 Å². The smallest absolute Gasteiger partial charge is 0.870 e. The Morgan fingerprint density at radius 2 is 0.515 bits per heavy atom. The van der Waals surface area contributed by atoms with E-state index in [9.17, 15) is 40.9 Å². The molecule has 0 spiro atoms. The van der Waals surface area contributed by atoms with Gasteiger partial charge >= 0.3 is 110 Å². The van der Waals surface area contributed by atoms with Gasteiger partial charge in [0, 0.05) is 78.5 Å². The molecule has 0 aromatic heterocycles. The fourth-order valence-electron chi connectivity index (χ4n) is 7.45. The minimum absolute atomic E-state index is 0. The van der Waals surface area contributed by atoms with Gasteiger partial charge in [-0.2, -0.15) is 0 Å². The van der Waals surface area contributed by atoms with Crippen molar-refractivity contribution in [3.8, 4) is 46.0 Å². The molecule has 0 aliphatic heterocycles. The van der Waals surface area contributed by atoms with Gasteiger partial charge in [0.15, 0.2) is 0 Å². The summed E-state index contributed by atoms with van der Waals surface area (Å²) in [7, 11) is 7.85. The van der Waals surface area contributed by atoms with Crippen LogP contribution in [0.25, 0.3) is 0 Å². The van der Waals surface area contributed by atoms with Gasteiger partial charge in [-0.1, -0.05) is 47.3 Å². The molecule has 0 unspecified atom stereocenters. The molecule has 12 N–H and O–H groups in total. The summed E-state index contributed by atoms with van der Waals surface area (Å²) < 4.78 is 20.1. The summed E-state index contributed by atoms with van der Waals surface area (Å²) in [6.07, 6.45) is 0. The number of aliphatic carboxylic acids is 2. The van der Waals surface area contributed by atoms with Crippen LogP contribution in [0.3, 0.4) is 0 Å². The molecule has 2 radical (unpaired) electrons. The molecule has 99 heavy (non-hydrogen) atoms. The first-order valence-electron chi connectivity index (χ1n) is 27.3. The van der Waals surface area contributed by atoms with Crippen LogP contribution in [-0.4, -0.2) is 237 Å². The summed E-state index contributed by atoms with van der Waals surface area (Å²) >= 11 is 0. The van der Waals surface area contributed by atoms with E-state index in [4.69, 9.17) is 100 Å². The van der Waals surface area contributed by atoms with Gasteiger partial charge in [0.1, 0.15) is 23.0 Å². The van der Waals surface area contributed by atoms with E-state index in [-0.39, 0.29) is 203 Å². The Hall–Kier alpha value is -4.48. The molecule has 0 aliphatic carbocycles. The van der Waals surface area contributed by atoms with Gasteiger partial charge in [0.05, 0.1) is 65.0 Å². The zero-order valence-electron chi connectivity index (χ0n) is 57.0. The number of carboxylic acids is 2. The van der Waals surface area contributed by atoms with E-state index >= 15 is 0 Å². The van der Waals surface area contributed by atoms with Crippen LogP contribution in [0.2, 0.25) is 0 Å². The Bertz CT molecular complexity index is 2200. The van der Waals surface area contributed by atoms with Gasteiger partial charge in [-0.15, -0.1) is 26.4 Å². The van der Waals surface area contributed by atoms with Crippen molar-refractivity contribution < 1.29 is 247 Å². The third-order valence-corrected chi connectivity index (χ3v) is 10.9. The van der Waals surface area contributed by atoms with Crippen molar-refractivity contribution in [3.05, 3.63) is 124 Å². The van der Waals surface area contributed by atoms with E-state index in [0.717, 1.165) is 50.3 Å². The number of benzene rings is 4. The third-order valence-electron chi connectivity index (χ3n) is 10.9. The molecule has 0 heterocycles.